The molecule has 0 aromatic heterocycles. The SMILES string of the molecule is CNCC1CCCCN(C2CC2)C1c1cccc(C)c1C. The molecule has 21 heavy (non-hydrogen) atoms. The Morgan fingerprint density at radius 3 is 2.67 bits per heavy atom. The third-order valence-corrected chi connectivity index (χ3v) is 5.49. The van der Waals surface area contributed by atoms with Crippen LogP contribution in [0.2, 0.25) is 0 Å². The first-order chi connectivity index (χ1) is 10.2. The van der Waals surface area contributed by atoms with E-state index in [1.807, 2.05) is 0 Å². The summed E-state index contributed by atoms with van der Waals surface area (Å²) < 4.78 is 0. The highest BCUT2D eigenvalue weighted by Crippen LogP contribution is 2.42. The predicted octanol–water partition coefficient (Wildman–Crippen LogP) is 3.83. The van der Waals surface area contributed by atoms with Crippen molar-refractivity contribution in [3.8, 4) is 0 Å². The standard InChI is InChI=1S/C19H30N2/c1-14-7-6-9-18(15(14)2)19-16(13-20-3)8-4-5-12-21(19)17-10-11-17/h6-7,9,16-17,19-20H,4-5,8,10-13H2,1-3H3. The van der Waals surface area contributed by atoms with E-state index >= 15 is 0 Å². The highest BCUT2D eigenvalue weighted by Gasteiger charge is 2.39. The number of hydrogen-bond acceptors (Lipinski definition) is 2. The van der Waals surface area contributed by atoms with E-state index in [2.05, 4.69) is 49.3 Å². The molecule has 2 heteroatoms. The van der Waals surface area contributed by atoms with Gasteiger partial charge in [0.15, 0.2) is 0 Å². The lowest BCUT2D eigenvalue weighted by Gasteiger charge is -2.37. The first-order valence-electron chi connectivity index (χ1n) is 8.69. The fourth-order valence-corrected chi connectivity index (χ4v) is 4.09. The Morgan fingerprint density at radius 2 is 1.95 bits per heavy atom. The molecule has 1 saturated carbocycles. The maximum Gasteiger partial charge on any atom is 0.0394 e. The molecule has 2 aliphatic rings. The fraction of sp³-hybridized carbons (Fsp3) is 0.684. The Labute approximate surface area is 129 Å². The predicted molar refractivity (Wildman–Crippen MR) is 89.7 cm³/mol. The van der Waals surface area contributed by atoms with Crippen molar-refractivity contribution in [3.63, 3.8) is 0 Å². The highest BCUT2D eigenvalue weighted by atomic mass is 15.2. The number of rotatable bonds is 4. The van der Waals surface area contributed by atoms with E-state index in [-0.39, 0.29) is 0 Å². The normalized spacial score (nSPS) is 27.6. The molecule has 2 atom stereocenters. The van der Waals surface area contributed by atoms with Gasteiger partial charge in [0.1, 0.15) is 0 Å². The first-order valence-corrected chi connectivity index (χ1v) is 8.69. The lowest BCUT2D eigenvalue weighted by Crippen LogP contribution is -2.38. The van der Waals surface area contributed by atoms with Crippen LogP contribution in [0.4, 0.5) is 0 Å². The summed E-state index contributed by atoms with van der Waals surface area (Å²) in [6.07, 6.45) is 6.94. The zero-order valence-corrected chi connectivity index (χ0v) is 13.9. The monoisotopic (exact) mass is 286 g/mol. The summed E-state index contributed by atoms with van der Waals surface area (Å²) in [6, 6.07) is 8.37. The van der Waals surface area contributed by atoms with Crippen molar-refractivity contribution in [2.24, 2.45) is 5.92 Å². The van der Waals surface area contributed by atoms with Crippen molar-refractivity contribution >= 4 is 0 Å². The molecular formula is C19H30N2. The average Bonchev–Trinajstić information content (AvgIpc) is 3.29. The van der Waals surface area contributed by atoms with Crippen LogP contribution in [-0.2, 0) is 0 Å². The molecule has 2 nitrogen and oxygen atoms in total. The maximum atomic E-state index is 3.45. The third kappa shape index (κ3) is 3.17. The van der Waals surface area contributed by atoms with Crippen LogP contribution in [0.25, 0.3) is 0 Å². The summed E-state index contributed by atoms with van der Waals surface area (Å²) in [5.41, 5.74) is 4.54. The summed E-state index contributed by atoms with van der Waals surface area (Å²) in [6.45, 7) is 7.01. The summed E-state index contributed by atoms with van der Waals surface area (Å²) in [4.78, 5) is 2.84. The summed E-state index contributed by atoms with van der Waals surface area (Å²) in [7, 11) is 2.10. The zero-order chi connectivity index (χ0) is 14.8. The first kappa shape index (κ1) is 15.1. The molecule has 0 amide bonds. The Balaban J connectivity index is 1.98. The molecule has 1 aliphatic carbocycles. The van der Waals surface area contributed by atoms with Crippen LogP contribution in [0, 0.1) is 19.8 Å². The minimum atomic E-state index is 0.618. The van der Waals surface area contributed by atoms with Crippen molar-refractivity contribution < 1.29 is 0 Å². The van der Waals surface area contributed by atoms with Gasteiger partial charge >= 0.3 is 0 Å². The fourth-order valence-electron chi connectivity index (χ4n) is 4.09. The molecule has 1 heterocycles. The van der Waals surface area contributed by atoms with Crippen molar-refractivity contribution in [2.45, 2.75) is 58.0 Å². The Kier molecular flexibility index (Phi) is 4.66. The molecule has 1 aliphatic heterocycles. The molecule has 1 saturated heterocycles. The Morgan fingerprint density at radius 1 is 1.14 bits per heavy atom. The van der Waals surface area contributed by atoms with Crippen LogP contribution in [0.5, 0.6) is 0 Å². The van der Waals surface area contributed by atoms with E-state index < -0.39 is 0 Å². The number of likely N-dealkylation sites (tertiary alicyclic amines) is 1. The largest absolute Gasteiger partial charge is 0.319 e. The molecule has 3 rings (SSSR count). The van der Waals surface area contributed by atoms with Gasteiger partial charge in [0.2, 0.25) is 0 Å². The molecular weight excluding hydrogens is 256 g/mol. The summed E-state index contributed by atoms with van der Waals surface area (Å²) in [5, 5.41) is 3.45. The van der Waals surface area contributed by atoms with E-state index in [4.69, 9.17) is 0 Å². The molecule has 0 bridgehead atoms. The van der Waals surface area contributed by atoms with Crippen molar-refractivity contribution in [3.05, 3.63) is 34.9 Å². The van der Waals surface area contributed by atoms with Gasteiger partial charge in [0.25, 0.3) is 0 Å². The molecule has 0 spiro atoms. The molecule has 1 aromatic rings. The van der Waals surface area contributed by atoms with Gasteiger partial charge in [0, 0.05) is 12.1 Å². The van der Waals surface area contributed by atoms with E-state index in [1.165, 1.54) is 49.8 Å². The molecule has 1 N–H and O–H groups in total. The van der Waals surface area contributed by atoms with Crippen molar-refractivity contribution in [1.29, 1.82) is 0 Å². The van der Waals surface area contributed by atoms with Crippen LogP contribution in [0.15, 0.2) is 18.2 Å². The van der Waals surface area contributed by atoms with Gasteiger partial charge in [-0.2, -0.15) is 0 Å². The van der Waals surface area contributed by atoms with E-state index in [9.17, 15) is 0 Å². The molecule has 2 fully saturated rings. The minimum Gasteiger partial charge on any atom is -0.319 e. The molecule has 0 radical (unpaired) electrons. The second kappa shape index (κ2) is 6.50. The quantitative estimate of drug-likeness (QED) is 0.905. The van der Waals surface area contributed by atoms with Crippen LogP contribution >= 0.6 is 0 Å². The highest BCUT2D eigenvalue weighted by molar-refractivity contribution is 5.36. The van der Waals surface area contributed by atoms with Crippen LogP contribution in [-0.4, -0.2) is 31.1 Å². The Bertz CT molecular complexity index is 478. The maximum absolute atomic E-state index is 3.45. The van der Waals surface area contributed by atoms with Gasteiger partial charge in [-0.05, 0) is 82.3 Å². The number of aryl methyl sites for hydroxylation is 1. The van der Waals surface area contributed by atoms with Crippen molar-refractivity contribution in [2.75, 3.05) is 20.1 Å². The van der Waals surface area contributed by atoms with Gasteiger partial charge in [0.05, 0.1) is 0 Å². The van der Waals surface area contributed by atoms with E-state index in [1.54, 1.807) is 5.56 Å². The molecule has 2 unspecified atom stereocenters. The Hall–Kier alpha value is -0.860. The topological polar surface area (TPSA) is 15.3 Å². The smallest absolute Gasteiger partial charge is 0.0394 e. The number of nitrogens with zero attached hydrogens (tertiary/aromatic N) is 1. The lowest BCUT2D eigenvalue weighted by atomic mass is 9.85. The lowest BCUT2D eigenvalue weighted by molar-refractivity contribution is 0.145. The minimum absolute atomic E-state index is 0.618. The van der Waals surface area contributed by atoms with Gasteiger partial charge in [-0.1, -0.05) is 24.6 Å². The number of hydrogen-bond donors (Lipinski definition) is 1. The zero-order valence-electron chi connectivity index (χ0n) is 13.9. The number of nitrogens with one attached hydrogen (secondary N) is 1. The van der Waals surface area contributed by atoms with Crippen LogP contribution in [0.1, 0.15) is 54.8 Å². The second-order valence-electron chi connectivity index (χ2n) is 7.02. The van der Waals surface area contributed by atoms with Gasteiger partial charge in [-0.3, -0.25) is 4.90 Å². The second-order valence-corrected chi connectivity index (χ2v) is 7.02. The summed E-state index contributed by atoms with van der Waals surface area (Å²) >= 11 is 0. The molecule has 1 aromatic carbocycles. The summed E-state index contributed by atoms with van der Waals surface area (Å²) in [5.74, 6) is 0.749. The van der Waals surface area contributed by atoms with Crippen molar-refractivity contribution in [1.82, 2.24) is 10.2 Å². The van der Waals surface area contributed by atoms with E-state index in [0.29, 0.717) is 6.04 Å². The average molecular weight is 286 g/mol. The van der Waals surface area contributed by atoms with Crippen LogP contribution in [0.3, 0.4) is 0 Å². The van der Waals surface area contributed by atoms with E-state index in [0.717, 1.165) is 18.5 Å². The van der Waals surface area contributed by atoms with Gasteiger partial charge < -0.3 is 5.32 Å². The van der Waals surface area contributed by atoms with Crippen LogP contribution < -0.4 is 5.32 Å². The number of benzene rings is 1. The third-order valence-electron chi connectivity index (χ3n) is 5.49. The molecule has 116 valence electrons. The van der Waals surface area contributed by atoms with Gasteiger partial charge in [-0.15, -0.1) is 0 Å². The van der Waals surface area contributed by atoms with Gasteiger partial charge in [-0.25, -0.2) is 0 Å².